The van der Waals surface area contributed by atoms with E-state index < -0.39 is 6.10 Å². The van der Waals surface area contributed by atoms with Crippen molar-refractivity contribution in [1.82, 2.24) is 0 Å². The molecule has 0 radical (unpaired) electrons. The topological polar surface area (TPSA) is 43.7 Å². The molecule has 0 saturated heterocycles. The van der Waals surface area contributed by atoms with Crippen molar-refractivity contribution in [3.05, 3.63) is 89.3 Å². The van der Waals surface area contributed by atoms with Crippen LogP contribution in [0.5, 0.6) is 0 Å². The van der Waals surface area contributed by atoms with E-state index in [2.05, 4.69) is 13.0 Å². The van der Waals surface area contributed by atoms with Gasteiger partial charge in [-0.25, -0.2) is 0 Å². The Morgan fingerprint density at radius 3 is 2.43 bits per heavy atom. The van der Waals surface area contributed by atoms with Crippen LogP contribution in [0.3, 0.4) is 0 Å². The molecule has 0 spiro atoms. The quantitative estimate of drug-likeness (QED) is 0.904. The van der Waals surface area contributed by atoms with Gasteiger partial charge in [0.25, 0.3) is 0 Å². The van der Waals surface area contributed by atoms with Crippen molar-refractivity contribution in [3.63, 3.8) is 0 Å². The van der Waals surface area contributed by atoms with Crippen molar-refractivity contribution in [2.24, 2.45) is 0 Å². The first-order valence-corrected chi connectivity index (χ1v) is 7.80. The van der Waals surface area contributed by atoms with Gasteiger partial charge in [-0.05, 0) is 42.3 Å². The van der Waals surface area contributed by atoms with Gasteiger partial charge in [-0.2, -0.15) is 0 Å². The lowest BCUT2D eigenvalue weighted by atomic mass is 9.99. The summed E-state index contributed by atoms with van der Waals surface area (Å²) in [6, 6.07) is 17.9. The number of allylic oxidation sites excluding steroid dienone is 2. The van der Waals surface area contributed by atoms with E-state index in [-0.39, 0.29) is 0 Å². The number of anilines is 1. The van der Waals surface area contributed by atoms with Crippen molar-refractivity contribution in [2.45, 2.75) is 19.4 Å². The van der Waals surface area contributed by atoms with Gasteiger partial charge in [-0.1, -0.05) is 42.5 Å². The molecule has 1 heterocycles. The van der Waals surface area contributed by atoms with E-state index >= 15 is 0 Å². The fraction of sp³-hybridized carbons (Fsp3) is 0.200. The summed E-state index contributed by atoms with van der Waals surface area (Å²) in [5, 5.41) is 20.6. The Hall–Kier alpha value is -2.52. The maximum atomic E-state index is 10.7. The number of aryl methyl sites for hydroxylation is 1. The van der Waals surface area contributed by atoms with Crippen LogP contribution in [0.4, 0.5) is 5.69 Å². The zero-order valence-corrected chi connectivity index (χ0v) is 13.2. The molecule has 2 N–H and O–H groups in total. The van der Waals surface area contributed by atoms with Crippen LogP contribution in [-0.4, -0.2) is 22.9 Å². The highest BCUT2D eigenvalue weighted by Crippen LogP contribution is 2.26. The lowest BCUT2D eigenvalue weighted by Crippen LogP contribution is -2.34. The van der Waals surface area contributed by atoms with Gasteiger partial charge in [0.05, 0.1) is 12.6 Å². The molecular weight excluding hydrogens is 286 g/mol. The molecule has 0 amide bonds. The average molecular weight is 307 g/mol. The summed E-state index contributed by atoms with van der Waals surface area (Å²) in [5.41, 5.74) is 4.07. The van der Waals surface area contributed by atoms with Crippen LogP contribution in [0, 0.1) is 6.92 Å². The maximum absolute atomic E-state index is 10.7. The third-order valence-electron chi connectivity index (χ3n) is 4.16. The summed E-state index contributed by atoms with van der Waals surface area (Å²) in [6.45, 7) is 2.43. The molecule has 1 aliphatic heterocycles. The summed E-state index contributed by atoms with van der Waals surface area (Å²) in [5.74, 6) is 0.292. The summed E-state index contributed by atoms with van der Waals surface area (Å²) >= 11 is 0. The molecule has 0 bridgehead atoms. The number of hydrogen-bond donors (Lipinski definition) is 2. The summed E-state index contributed by atoms with van der Waals surface area (Å²) < 4.78 is 0. The lowest BCUT2D eigenvalue weighted by molar-refractivity contribution is 0.206. The van der Waals surface area contributed by atoms with Crippen molar-refractivity contribution in [1.29, 1.82) is 0 Å². The molecule has 0 saturated carbocycles. The first kappa shape index (κ1) is 15.4. The molecule has 3 rings (SSSR count). The van der Waals surface area contributed by atoms with Gasteiger partial charge < -0.3 is 15.1 Å². The number of rotatable bonds is 4. The first-order valence-electron chi connectivity index (χ1n) is 7.80. The molecule has 3 nitrogen and oxygen atoms in total. The average Bonchev–Trinajstić information content (AvgIpc) is 2.57. The van der Waals surface area contributed by atoms with Gasteiger partial charge in [-0.15, -0.1) is 0 Å². The predicted octanol–water partition coefficient (Wildman–Crippen LogP) is 3.74. The van der Waals surface area contributed by atoms with Gasteiger partial charge in [0.15, 0.2) is 0 Å². The summed E-state index contributed by atoms with van der Waals surface area (Å²) in [7, 11) is 0. The number of aliphatic hydroxyl groups is 2. The Morgan fingerprint density at radius 1 is 1.00 bits per heavy atom. The molecular formula is C20H21NO2. The van der Waals surface area contributed by atoms with Crippen LogP contribution in [-0.2, 0) is 6.42 Å². The minimum Gasteiger partial charge on any atom is -0.510 e. The highest BCUT2D eigenvalue weighted by atomic mass is 16.3. The van der Waals surface area contributed by atoms with Gasteiger partial charge in [0.2, 0.25) is 0 Å². The minimum atomic E-state index is -0.624. The molecule has 1 unspecified atom stereocenters. The Morgan fingerprint density at radius 2 is 1.70 bits per heavy atom. The fourth-order valence-electron chi connectivity index (χ4n) is 2.87. The van der Waals surface area contributed by atoms with Gasteiger partial charge in [0.1, 0.15) is 5.76 Å². The fourth-order valence-corrected chi connectivity index (χ4v) is 2.87. The molecule has 118 valence electrons. The second-order valence-corrected chi connectivity index (χ2v) is 5.82. The van der Waals surface area contributed by atoms with Crippen molar-refractivity contribution >= 4 is 5.69 Å². The van der Waals surface area contributed by atoms with Gasteiger partial charge in [-0.3, -0.25) is 0 Å². The Balaban J connectivity index is 1.87. The number of aliphatic hydroxyl groups excluding tert-OH is 2. The van der Waals surface area contributed by atoms with Crippen LogP contribution in [0.15, 0.2) is 78.2 Å². The Bertz CT molecular complexity index is 734. The molecule has 23 heavy (non-hydrogen) atoms. The number of benzene rings is 2. The monoisotopic (exact) mass is 307 g/mol. The number of hydrogen-bond acceptors (Lipinski definition) is 3. The maximum Gasteiger partial charge on any atom is 0.112 e. The van der Waals surface area contributed by atoms with E-state index in [1.807, 2.05) is 53.4 Å². The number of para-hydroxylation sites is 1. The van der Waals surface area contributed by atoms with Crippen LogP contribution >= 0.6 is 0 Å². The Labute approximate surface area is 136 Å². The minimum absolute atomic E-state index is 0.292. The van der Waals surface area contributed by atoms with Gasteiger partial charge >= 0.3 is 0 Å². The largest absolute Gasteiger partial charge is 0.510 e. The predicted molar refractivity (Wildman–Crippen MR) is 93.5 cm³/mol. The van der Waals surface area contributed by atoms with E-state index in [0.29, 0.717) is 18.7 Å². The SMILES string of the molecule is Cc1ccccc1CC(O)C1=CC=C(O)CN1c1ccccc1. The summed E-state index contributed by atoms with van der Waals surface area (Å²) in [6.07, 6.45) is 3.39. The summed E-state index contributed by atoms with van der Waals surface area (Å²) in [4.78, 5) is 1.96. The first-order chi connectivity index (χ1) is 11.1. The third kappa shape index (κ3) is 3.46. The molecule has 0 fully saturated rings. The highest BCUT2D eigenvalue weighted by molar-refractivity contribution is 5.56. The normalized spacial score (nSPS) is 15.8. The second-order valence-electron chi connectivity index (χ2n) is 5.82. The van der Waals surface area contributed by atoms with Crippen LogP contribution < -0.4 is 4.90 Å². The van der Waals surface area contributed by atoms with Crippen LogP contribution in [0.2, 0.25) is 0 Å². The molecule has 1 aliphatic rings. The lowest BCUT2D eigenvalue weighted by Gasteiger charge is -2.32. The highest BCUT2D eigenvalue weighted by Gasteiger charge is 2.23. The molecule has 2 aromatic carbocycles. The smallest absolute Gasteiger partial charge is 0.112 e. The van der Waals surface area contributed by atoms with E-state index in [0.717, 1.165) is 16.9 Å². The van der Waals surface area contributed by atoms with E-state index in [9.17, 15) is 10.2 Å². The van der Waals surface area contributed by atoms with E-state index in [4.69, 9.17) is 0 Å². The van der Waals surface area contributed by atoms with E-state index in [1.165, 1.54) is 5.56 Å². The Kier molecular flexibility index (Phi) is 4.49. The van der Waals surface area contributed by atoms with Crippen LogP contribution in [0.1, 0.15) is 11.1 Å². The number of nitrogens with zero attached hydrogens (tertiary/aromatic N) is 1. The van der Waals surface area contributed by atoms with Crippen molar-refractivity contribution in [2.75, 3.05) is 11.4 Å². The zero-order chi connectivity index (χ0) is 16.2. The van der Waals surface area contributed by atoms with Crippen molar-refractivity contribution in [3.8, 4) is 0 Å². The molecule has 1 atom stereocenters. The van der Waals surface area contributed by atoms with Crippen molar-refractivity contribution < 1.29 is 10.2 Å². The third-order valence-corrected chi connectivity index (χ3v) is 4.16. The molecule has 0 aliphatic carbocycles. The van der Waals surface area contributed by atoms with Crippen LogP contribution in [0.25, 0.3) is 0 Å². The zero-order valence-electron chi connectivity index (χ0n) is 13.2. The van der Waals surface area contributed by atoms with E-state index in [1.54, 1.807) is 12.2 Å². The molecule has 0 aromatic heterocycles. The molecule has 3 heteroatoms. The standard InChI is InChI=1S/C20H21NO2/c1-15-7-5-6-8-16(15)13-20(23)19-12-11-18(22)14-21(19)17-9-3-2-4-10-17/h2-12,20,22-23H,13-14H2,1H3. The molecule has 2 aromatic rings. The second kappa shape index (κ2) is 6.71. The van der Waals surface area contributed by atoms with Gasteiger partial charge in [0, 0.05) is 17.8 Å².